The minimum absolute atomic E-state index is 0.0620. The van der Waals surface area contributed by atoms with Gasteiger partial charge in [0.05, 0.1) is 11.4 Å². The summed E-state index contributed by atoms with van der Waals surface area (Å²) in [7, 11) is -3.75. The Bertz CT molecular complexity index is 982. The second-order valence-electron chi connectivity index (χ2n) is 6.77. The molecule has 0 spiro atoms. The number of aromatic nitrogens is 1. The van der Waals surface area contributed by atoms with Crippen molar-refractivity contribution in [1.82, 2.24) is 15.6 Å². The molecule has 1 unspecified atom stereocenters. The lowest BCUT2D eigenvalue weighted by Gasteiger charge is -2.20. The summed E-state index contributed by atoms with van der Waals surface area (Å²) in [5.74, 6) is 0.642. The first-order chi connectivity index (χ1) is 13.9. The standard InChI is InChI=1S/C19H25FN6O2S/c1-2-22-19(24-12-14-5-3-6-16(11-14)29(21,27)28)25-15-8-10-26(13-15)18-17(20)7-4-9-23-18/h3-7,9,11,15H,2,8,10,12-13H2,1H3,(H2,21,27,28)(H2,22,24,25). The molecule has 29 heavy (non-hydrogen) atoms. The molecule has 1 aliphatic rings. The average Bonchev–Trinajstić information content (AvgIpc) is 3.14. The van der Waals surface area contributed by atoms with Crippen LogP contribution < -0.4 is 20.7 Å². The number of nitrogens with one attached hydrogen (secondary N) is 2. The average molecular weight is 421 g/mol. The molecule has 156 valence electrons. The number of anilines is 1. The number of hydrogen-bond donors (Lipinski definition) is 3. The molecule has 0 bridgehead atoms. The fraction of sp³-hybridized carbons (Fsp3) is 0.368. The van der Waals surface area contributed by atoms with Crippen LogP contribution in [0.5, 0.6) is 0 Å². The topological polar surface area (TPSA) is 113 Å². The van der Waals surface area contributed by atoms with Crippen LogP contribution in [0, 0.1) is 5.82 Å². The number of rotatable bonds is 6. The van der Waals surface area contributed by atoms with E-state index >= 15 is 0 Å². The van der Waals surface area contributed by atoms with Crippen molar-refractivity contribution in [2.75, 3.05) is 24.5 Å². The third-order valence-electron chi connectivity index (χ3n) is 4.56. The molecule has 10 heteroatoms. The number of hydrogen-bond acceptors (Lipinski definition) is 5. The van der Waals surface area contributed by atoms with Gasteiger partial charge < -0.3 is 15.5 Å². The highest BCUT2D eigenvalue weighted by molar-refractivity contribution is 7.89. The number of primary sulfonamides is 1. The number of sulfonamides is 1. The summed E-state index contributed by atoms with van der Waals surface area (Å²) >= 11 is 0. The molecule has 0 saturated carbocycles. The van der Waals surface area contributed by atoms with E-state index in [4.69, 9.17) is 5.14 Å². The smallest absolute Gasteiger partial charge is 0.238 e. The summed E-state index contributed by atoms with van der Waals surface area (Å²) < 4.78 is 37.0. The van der Waals surface area contributed by atoms with E-state index in [1.54, 1.807) is 24.4 Å². The molecule has 2 heterocycles. The maximum Gasteiger partial charge on any atom is 0.238 e. The molecule has 0 aliphatic carbocycles. The van der Waals surface area contributed by atoms with Crippen LogP contribution in [0.25, 0.3) is 0 Å². The van der Waals surface area contributed by atoms with Gasteiger partial charge in [-0.25, -0.2) is 27.9 Å². The highest BCUT2D eigenvalue weighted by Crippen LogP contribution is 2.20. The Balaban J connectivity index is 1.65. The molecular weight excluding hydrogens is 395 g/mol. The number of aliphatic imine (C=N–C) groups is 1. The van der Waals surface area contributed by atoms with Crippen LogP contribution in [-0.2, 0) is 16.6 Å². The molecule has 1 aliphatic heterocycles. The van der Waals surface area contributed by atoms with E-state index in [2.05, 4.69) is 20.6 Å². The number of guanidine groups is 1. The predicted octanol–water partition coefficient (Wildman–Crippen LogP) is 1.20. The van der Waals surface area contributed by atoms with Crippen LogP contribution in [0.15, 0.2) is 52.5 Å². The summed E-state index contributed by atoms with van der Waals surface area (Å²) in [6.07, 6.45) is 2.40. The van der Waals surface area contributed by atoms with Gasteiger partial charge in [-0.05, 0) is 43.2 Å². The summed E-state index contributed by atoms with van der Waals surface area (Å²) in [5, 5.41) is 11.7. The Morgan fingerprint density at radius 2 is 2.21 bits per heavy atom. The van der Waals surface area contributed by atoms with E-state index in [1.165, 1.54) is 18.2 Å². The van der Waals surface area contributed by atoms with Crippen molar-refractivity contribution >= 4 is 21.8 Å². The van der Waals surface area contributed by atoms with E-state index in [9.17, 15) is 12.8 Å². The normalized spacial score (nSPS) is 17.4. The van der Waals surface area contributed by atoms with E-state index in [-0.39, 0.29) is 16.8 Å². The zero-order chi connectivity index (χ0) is 20.9. The number of halogens is 1. The van der Waals surface area contributed by atoms with E-state index in [0.29, 0.717) is 38.0 Å². The Labute approximate surface area is 170 Å². The lowest BCUT2D eigenvalue weighted by molar-refractivity contribution is 0.597. The molecule has 1 saturated heterocycles. The zero-order valence-corrected chi connectivity index (χ0v) is 17.0. The van der Waals surface area contributed by atoms with Gasteiger partial charge in [-0.2, -0.15) is 0 Å². The van der Waals surface area contributed by atoms with Gasteiger partial charge in [0.2, 0.25) is 10.0 Å². The summed E-state index contributed by atoms with van der Waals surface area (Å²) in [4.78, 5) is 10.6. The first-order valence-corrected chi connectivity index (χ1v) is 10.9. The van der Waals surface area contributed by atoms with Crippen molar-refractivity contribution in [3.05, 3.63) is 54.0 Å². The summed E-state index contributed by atoms with van der Waals surface area (Å²) in [5.41, 5.74) is 0.734. The summed E-state index contributed by atoms with van der Waals surface area (Å²) in [6.45, 7) is 4.24. The zero-order valence-electron chi connectivity index (χ0n) is 16.2. The Hall–Kier alpha value is -2.72. The number of nitrogens with zero attached hydrogens (tertiary/aromatic N) is 3. The third kappa shape index (κ3) is 5.64. The molecule has 2 aromatic rings. The van der Waals surface area contributed by atoms with E-state index < -0.39 is 10.0 Å². The molecular formula is C19H25FN6O2S. The Morgan fingerprint density at radius 1 is 1.38 bits per heavy atom. The number of pyridine rings is 1. The molecule has 1 atom stereocenters. The monoisotopic (exact) mass is 420 g/mol. The van der Waals surface area contributed by atoms with Crippen LogP contribution in [-0.4, -0.2) is 45.0 Å². The van der Waals surface area contributed by atoms with Gasteiger partial charge in [0.15, 0.2) is 17.6 Å². The fourth-order valence-corrected chi connectivity index (χ4v) is 3.77. The molecule has 1 aromatic carbocycles. The fourth-order valence-electron chi connectivity index (χ4n) is 3.19. The third-order valence-corrected chi connectivity index (χ3v) is 5.47. The quantitative estimate of drug-likeness (QED) is 0.478. The van der Waals surface area contributed by atoms with Crippen LogP contribution >= 0.6 is 0 Å². The van der Waals surface area contributed by atoms with Crippen molar-refractivity contribution in [3.63, 3.8) is 0 Å². The molecule has 0 amide bonds. The van der Waals surface area contributed by atoms with Gasteiger partial charge in [-0.1, -0.05) is 12.1 Å². The van der Waals surface area contributed by atoms with Gasteiger partial charge in [0, 0.05) is 31.9 Å². The van der Waals surface area contributed by atoms with Gasteiger partial charge >= 0.3 is 0 Å². The van der Waals surface area contributed by atoms with E-state index in [1.807, 2.05) is 11.8 Å². The van der Waals surface area contributed by atoms with Gasteiger partial charge in [-0.15, -0.1) is 0 Å². The second kappa shape index (κ2) is 9.19. The van der Waals surface area contributed by atoms with Gasteiger partial charge in [0.25, 0.3) is 0 Å². The van der Waals surface area contributed by atoms with E-state index in [0.717, 1.165) is 12.0 Å². The number of benzene rings is 1. The van der Waals surface area contributed by atoms with Crippen molar-refractivity contribution < 1.29 is 12.8 Å². The first-order valence-electron chi connectivity index (χ1n) is 9.39. The van der Waals surface area contributed by atoms with Crippen LogP contribution in [0.2, 0.25) is 0 Å². The van der Waals surface area contributed by atoms with Crippen molar-refractivity contribution in [3.8, 4) is 0 Å². The minimum Gasteiger partial charge on any atom is -0.357 e. The van der Waals surface area contributed by atoms with Gasteiger partial charge in [-0.3, -0.25) is 0 Å². The minimum atomic E-state index is -3.75. The molecule has 3 rings (SSSR count). The van der Waals surface area contributed by atoms with Crippen molar-refractivity contribution in [2.45, 2.75) is 30.8 Å². The highest BCUT2D eigenvalue weighted by Gasteiger charge is 2.25. The Kier molecular flexibility index (Phi) is 6.65. The highest BCUT2D eigenvalue weighted by atomic mass is 32.2. The maximum absolute atomic E-state index is 14.0. The Morgan fingerprint density at radius 3 is 2.93 bits per heavy atom. The maximum atomic E-state index is 14.0. The van der Waals surface area contributed by atoms with Crippen LogP contribution in [0.3, 0.4) is 0 Å². The largest absolute Gasteiger partial charge is 0.357 e. The SMILES string of the molecule is CCNC(=NCc1cccc(S(N)(=O)=O)c1)NC1CCN(c2ncccc2F)C1. The van der Waals surface area contributed by atoms with Crippen molar-refractivity contribution in [1.29, 1.82) is 0 Å². The molecule has 4 N–H and O–H groups in total. The van der Waals surface area contributed by atoms with Crippen LogP contribution in [0.1, 0.15) is 18.9 Å². The first kappa shape index (κ1) is 21.0. The molecule has 1 aromatic heterocycles. The predicted molar refractivity (Wildman–Crippen MR) is 111 cm³/mol. The molecule has 8 nitrogen and oxygen atoms in total. The lowest BCUT2D eigenvalue weighted by Crippen LogP contribution is -2.44. The van der Waals surface area contributed by atoms with Gasteiger partial charge in [0.1, 0.15) is 0 Å². The molecule has 1 fully saturated rings. The lowest BCUT2D eigenvalue weighted by atomic mass is 10.2. The van der Waals surface area contributed by atoms with Crippen LogP contribution in [0.4, 0.5) is 10.2 Å². The number of nitrogens with two attached hydrogens (primary N) is 1. The summed E-state index contributed by atoms with van der Waals surface area (Å²) in [6, 6.07) is 9.48. The van der Waals surface area contributed by atoms with Crippen molar-refractivity contribution in [2.24, 2.45) is 10.1 Å². The molecule has 0 radical (unpaired) electrons. The second-order valence-corrected chi connectivity index (χ2v) is 8.33.